The maximum absolute atomic E-state index is 11.5. The van der Waals surface area contributed by atoms with E-state index in [1.807, 2.05) is 25.1 Å². The van der Waals surface area contributed by atoms with Crippen molar-refractivity contribution in [1.29, 1.82) is 0 Å². The van der Waals surface area contributed by atoms with Crippen LogP contribution in [-0.2, 0) is 11.3 Å². The number of hydrogen-bond donors (Lipinski definition) is 1. The third kappa shape index (κ3) is 3.92. The molecule has 0 aliphatic rings. The van der Waals surface area contributed by atoms with E-state index < -0.39 is 0 Å². The SMILES string of the molecule is COc1ccc(COC(=O)N(C)CCN)cc1C. The van der Waals surface area contributed by atoms with Crippen LogP contribution in [0.3, 0.4) is 0 Å². The lowest BCUT2D eigenvalue weighted by atomic mass is 10.1. The van der Waals surface area contributed by atoms with Gasteiger partial charge in [-0.1, -0.05) is 6.07 Å². The summed E-state index contributed by atoms with van der Waals surface area (Å²) in [5.41, 5.74) is 7.31. The minimum Gasteiger partial charge on any atom is -0.496 e. The Labute approximate surface area is 107 Å². The molecule has 2 N–H and O–H groups in total. The van der Waals surface area contributed by atoms with E-state index in [1.165, 1.54) is 4.90 Å². The third-order valence-electron chi connectivity index (χ3n) is 2.60. The van der Waals surface area contributed by atoms with Gasteiger partial charge in [-0.3, -0.25) is 0 Å². The van der Waals surface area contributed by atoms with Crippen LogP contribution >= 0.6 is 0 Å². The number of rotatable bonds is 5. The molecule has 100 valence electrons. The quantitative estimate of drug-likeness (QED) is 0.863. The van der Waals surface area contributed by atoms with Crippen molar-refractivity contribution in [3.63, 3.8) is 0 Å². The van der Waals surface area contributed by atoms with Crippen LogP contribution in [0.25, 0.3) is 0 Å². The van der Waals surface area contributed by atoms with Gasteiger partial charge >= 0.3 is 6.09 Å². The first-order valence-corrected chi connectivity index (χ1v) is 5.80. The fraction of sp³-hybridized carbons (Fsp3) is 0.462. The predicted octanol–water partition coefficient (Wildman–Crippen LogP) is 1.53. The largest absolute Gasteiger partial charge is 0.496 e. The number of nitrogens with zero attached hydrogens (tertiary/aromatic N) is 1. The van der Waals surface area contributed by atoms with Crippen LogP contribution in [0.2, 0.25) is 0 Å². The van der Waals surface area contributed by atoms with Gasteiger partial charge in [0.25, 0.3) is 0 Å². The van der Waals surface area contributed by atoms with E-state index in [2.05, 4.69) is 0 Å². The minimum absolute atomic E-state index is 0.249. The number of methoxy groups -OCH3 is 1. The number of ether oxygens (including phenoxy) is 2. The molecule has 1 amide bonds. The monoisotopic (exact) mass is 252 g/mol. The van der Waals surface area contributed by atoms with Gasteiger partial charge in [-0.15, -0.1) is 0 Å². The smallest absolute Gasteiger partial charge is 0.409 e. The average molecular weight is 252 g/mol. The minimum atomic E-state index is -0.367. The van der Waals surface area contributed by atoms with Crippen molar-refractivity contribution in [1.82, 2.24) is 4.90 Å². The van der Waals surface area contributed by atoms with Crippen molar-refractivity contribution >= 4 is 6.09 Å². The summed E-state index contributed by atoms with van der Waals surface area (Å²) < 4.78 is 10.3. The van der Waals surface area contributed by atoms with E-state index in [4.69, 9.17) is 15.2 Å². The van der Waals surface area contributed by atoms with Crippen molar-refractivity contribution in [3.8, 4) is 5.75 Å². The average Bonchev–Trinajstić information content (AvgIpc) is 2.36. The summed E-state index contributed by atoms with van der Waals surface area (Å²) in [4.78, 5) is 13.0. The molecule has 1 aromatic carbocycles. The van der Waals surface area contributed by atoms with Gasteiger partial charge in [0.05, 0.1) is 7.11 Å². The lowest BCUT2D eigenvalue weighted by Gasteiger charge is -2.16. The second-order valence-corrected chi connectivity index (χ2v) is 4.07. The van der Waals surface area contributed by atoms with Gasteiger partial charge in [0.15, 0.2) is 0 Å². The standard InChI is InChI=1S/C13H20N2O3/c1-10-8-11(4-5-12(10)17-3)9-18-13(16)15(2)7-6-14/h4-5,8H,6-7,9,14H2,1-3H3. The summed E-state index contributed by atoms with van der Waals surface area (Å²) in [5, 5.41) is 0. The van der Waals surface area contributed by atoms with Crippen LogP contribution in [0.1, 0.15) is 11.1 Å². The number of aryl methyl sites for hydroxylation is 1. The van der Waals surface area contributed by atoms with Gasteiger partial charge in [0.1, 0.15) is 12.4 Å². The van der Waals surface area contributed by atoms with Gasteiger partial charge < -0.3 is 20.1 Å². The number of nitrogens with two attached hydrogens (primary N) is 1. The molecule has 5 nitrogen and oxygen atoms in total. The third-order valence-corrected chi connectivity index (χ3v) is 2.60. The van der Waals surface area contributed by atoms with Gasteiger partial charge in [0.2, 0.25) is 0 Å². The van der Waals surface area contributed by atoms with Crippen LogP contribution in [0.4, 0.5) is 4.79 Å². The highest BCUT2D eigenvalue weighted by Gasteiger charge is 2.09. The molecule has 1 rings (SSSR count). The van der Waals surface area contributed by atoms with Crippen molar-refractivity contribution in [3.05, 3.63) is 29.3 Å². The lowest BCUT2D eigenvalue weighted by Crippen LogP contribution is -2.32. The van der Waals surface area contributed by atoms with Crippen LogP contribution in [0.15, 0.2) is 18.2 Å². The Morgan fingerprint density at radius 1 is 1.44 bits per heavy atom. The first-order chi connectivity index (χ1) is 8.58. The number of likely N-dealkylation sites (N-methyl/N-ethyl adjacent to an activating group) is 1. The summed E-state index contributed by atoms with van der Waals surface area (Å²) in [5.74, 6) is 0.824. The topological polar surface area (TPSA) is 64.8 Å². The van der Waals surface area contributed by atoms with Crippen molar-refractivity contribution in [2.75, 3.05) is 27.2 Å². The van der Waals surface area contributed by atoms with Crippen molar-refractivity contribution in [2.24, 2.45) is 5.73 Å². The maximum Gasteiger partial charge on any atom is 0.409 e. The summed E-state index contributed by atoms with van der Waals surface area (Å²) >= 11 is 0. The Kier molecular flexibility index (Phi) is 5.45. The molecule has 0 spiro atoms. The van der Waals surface area contributed by atoms with Crippen LogP contribution in [0.5, 0.6) is 5.75 Å². The van der Waals surface area contributed by atoms with Crippen LogP contribution in [0, 0.1) is 6.92 Å². The van der Waals surface area contributed by atoms with E-state index in [0.29, 0.717) is 13.1 Å². The van der Waals surface area contributed by atoms with Crippen molar-refractivity contribution in [2.45, 2.75) is 13.5 Å². The zero-order valence-corrected chi connectivity index (χ0v) is 11.1. The van der Waals surface area contributed by atoms with E-state index in [-0.39, 0.29) is 12.7 Å². The number of benzene rings is 1. The molecule has 0 bridgehead atoms. The van der Waals surface area contributed by atoms with E-state index in [1.54, 1.807) is 14.2 Å². The van der Waals surface area contributed by atoms with Gasteiger partial charge in [-0.25, -0.2) is 4.79 Å². The van der Waals surface area contributed by atoms with E-state index in [0.717, 1.165) is 16.9 Å². The Balaban J connectivity index is 2.53. The molecule has 0 fully saturated rings. The lowest BCUT2D eigenvalue weighted by molar-refractivity contribution is 0.105. The molecule has 0 atom stereocenters. The predicted molar refractivity (Wildman–Crippen MR) is 69.6 cm³/mol. The molecular formula is C13H20N2O3. The molecule has 0 saturated carbocycles. The number of hydrogen-bond acceptors (Lipinski definition) is 4. The highest BCUT2D eigenvalue weighted by molar-refractivity contribution is 5.67. The molecule has 0 radical (unpaired) electrons. The molecule has 0 saturated heterocycles. The Morgan fingerprint density at radius 3 is 2.72 bits per heavy atom. The van der Waals surface area contributed by atoms with Crippen molar-refractivity contribution < 1.29 is 14.3 Å². The highest BCUT2D eigenvalue weighted by Crippen LogP contribution is 2.18. The fourth-order valence-corrected chi connectivity index (χ4v) is 1.57. The maximum atomic E-state index is 11.5. The molecule has 0 heterocycles. The summed E-state index contributed by atoms with van der Waals surface area (Å²) in [6.45, 7) is 3.11. The Hall–Kier alpha value is -1.75. The molecule has 1 aromatic rings. The molecule has 18 heavy (non-hydrogen) atoms. The second-order valence-electron chi connectivity index (χ2n) is 4.07. The number of amides is 1. The Bertz CT molecular complexity index is 407. The van der Waals surface area contributed by atoms with Gasteiger partial charge in [0, 0.05) is 20.1 Å². The molecule has 0 aromatic heterocycles. The number of carbonyl (C=O) groups excluding carboxylic acids is 1. The molecule has 5 heteroatoms. The summed E-state index contributed by atoms with van der Waals surface area (Å²) in [6.07, 6.45) is -0.367. The van der Waals surface area contributed by atoms with E-state index >= 15 is 0 Å². The first kappa shape index (κ1) is 14.3. The van der Waals surface area contributed by atoms with E-state index in [9.17, 15) is 4.79 Å². The fourth-order valence-electron chi connectivity index (χ4n) is 1.57. The number of carbonyl (C=O) groups is 1. The second kappa shape index (κ2) is 6.86. The highest BCUT2D eigenvalue weighted by atomic mass is 16.6. The van der Waals surface area contributed by atoms with Gasteiger partial charge in [-0.05, 0) is 30.2 Å². The summed E-state index contributed by atoms with van der Waals surface area (Å²) in [6, 6.07) is 5.68. The normalized spacial score (nSPS) is 10.0. The zero-order valence-electron chi connectivity index (χ0n) is 11.1. The zero-order chi connectivity index (χ0) is 13.5. The van der Waals surface area contributed by atoms with Gasteiger partial charge in [-0.2, -0.15) is 0 Å². The molecule has 0 aliphatic carbocycles. The van der Waals surface area contributed by atoms with Crippen LogP contribution in [-0.4, -0.2) is 38.2 Å². The molecule has 0 aliphatic heterocycles. The first-order valence-electron chi connectivity index (χ1n) is 5.80. The summed E-state index contributed by atoms with van der Waals surface area (Å²) in [7, 11) is 3.29. The molecular weight excluding hydrogens is 232 g/mol. The van der Waals surface area contributed by atoms with Crippen LogP contribution < -0.4 is 10.5 Å². The molecule has 0 unspecified atom stereocenters. The Morgan fingerprint density at radius 2 is 2.17 bits per heavy atom.